The van der Waals surface area contributed by atoms with Crippen molar-refractivity contribution >= 4 is 21.8 Å². The van der Waals surface area contributed by atoms with E-state index in [0.717, 1.165) is 6.42 Å². The lowest BCUT2D eigenvalue weighted by atomic mass is 10.1. The van der Waals surface area contributed by atoms with E-state index in [4.69, 9.17) is 9.88 Å². The Morgan fingerprint density at radius 2 is 2.08 bits per heavy atom. The van der Waals surface area contributed by atoms with Gasteiger partial charge in [-0.1, -0.05) is 13.0 Å². The number of anilines is 1. The van der Waals surface area contributed by atoms with Crippen LogP contribution in [0, 0.1) is 11.3 Å². The second-order valence-corrected chi connectivity index (χ2v) is 7.20. The highest BCUT2D eigenvalue weighted by Gasteiger charge is 2.22. The summed E-state index contributed by atoms with van der Waals surface area (Å²) in [6, 6.07) is 6.37. The fourth-order valence-electron chi connectivity index (χ4n) is 1.97. The molecule has 0 radical (unpaired) electrons. The smallest absolute Gasteiger partial charge is 0.296 e. The summed E-state index contributed by atoms with van der Waals surface area (Å²) in [6.07, 6.45) is 1.16. The molecule has 1 aromatic rings. The summed E-state index contributed by atoms with van der Waals surface area (Å²) in [5.41, 5.74) is -0.602. The molecule has 1 amide bonds. The summed E-state index contributed by atoms with van der Waals surface area (Å²) in [4.78, 5) is 11.7. The van der Waals surface area contributed by atoms with Gasteiger partial charge in [-0.3, -0.25) is 9.52 Å². The lowest BCUT2D eigenvalue weighted by molar-refractivity contribution is -0.123. The SMILES string of the molecule is CCCC(=O)NC(C)(C)COc1cccc(NS(N)(=O)=O)c1C#N. The summed E-state index contributed by atoms with van der Waals surface area (Å²) in [7, 11) is -4.01. The maximum absolute atomic E-state index is 11.7. The Morgan fingerprint density at radius 3 is 2.62 bits per heavy atom. The highest BCUT2D eigenvalue weighted by atomic mass is 32.2. The third kappa shape index (κ3) is 6.44. The number of carbonyl (C=O) groups is 1. The number of nitrogens with one attached hydrogen (secondary N) is 2. The van der Waals surface area contributed by atoms with Crippen molar-refractivity contribution in [1.82, 2.24) is 5.32 Å². The molecule has 0 atom stereocenters. The minimum Gasteiger partial charge on any atom is -0.490 e. The van der Waals surface area contributed by atoms with Crippen molar-refractivity contribution in [2.24, 2.45) is 5.14 Å². The van der Waals surface area contributed by atoms with Crippen molar-refractivity contribution < 1.29 is 17.9 Å². The van der Waals surface area contributed by atoms with Crippen molar-refractivity contribution in [3.8, 4) is 11.8 Å². The zero-order valence-electron chi connectivity index (χ0n) is 13.9. The van der Waals surface area contributed by atoms with Crippen LogP contribution in [-0.2, 0) is 15.0 Å². The largest absolute Gasteiger partial charge is 0.490 e. The van der Waals surface area contributed by atoms with E-state index in [0.29, 0.717) is 6.42 Å². The molecule has 132 valence electrons. The van der Waals surface area contributed by atoms with Gasteiger partial charge in [0.1, 0.15) is 24.0 Å². The first-order chi connectivity index (χ1) is 11.1. The quantitative estimate of drug-likeness (QED) is 0.646. The van der Waals surface area contributed by atoms with Gasteiger partial charge in [-0.25, -0.2) is 5.14 Å². The number of nitrogens with zero attached hydrogens (tertiary/aromatic N) is 1. The van der Waals surface area contributed by atoms with E-state index in [1.54, 1.807) is 13.8 Å². The van der Waals surface area contributed by atoms with Crippen LogP contribution in [0.25, 0.3) is 0 Å². The Bertz CT molecular complexity index is 738. The van der Waals surface area contributed by atoms with Gasteiger partial charge in [0, 0.05) is 6.42 Å². The number of hydrogen-bond acceptors (Lipinski definition) is 5. The molecule has 4 N–H and O–H groups in total. The van der Waals surface area contributed by atoms with E-state index in [9.17, 15) is 18.5 Å². The third-order valence-electron chi connectivity index (χ3n) is 2.93. The highest BCUT2D eigenvalue weighted by Crippen LogP contribution is 2.26. The zero-order valence-corrected chi connectivity index (χ0v) is 14.7. The standard InChI is InChI=1S/C15H22N4O4S/c1-4-6-14(20)18-15(2,3)10-23-13-8-5-7-12(11(13)9-16)19-24(17,21)22/h5,7-8,19H,4,6,10H2,1-3H3,(H,18,20)(H2,17,21,22). The minimum absolute atomic E-state index is 0.0159. The maximum Gasteiger partial charge on any atom is 0.296 e. The predicted molar refractivity (Wildman–Crippen MR) is 90.5 cm³/mol. The van der Waals surface area contributed by atoms with Crippen LogP contribution in [0.15, 0.2) is 18.2 Å². The first-order valence-corrected chi connectivity index (χ1v) is 8.90. The van der Waals surface area contributed by atoms with Crippen molar-refractivity contribution in [2.75, 3.05) is 11.3 Å². The van der Waals surface area contributed by atoms with Gasteiger partial charge in [-0.15, -0.1) is 0 Å². The van der Waals surface area contributed by atoms with Crippen LogP contribution in [0.2, 0.25) is 0 Å². The Kier molecular flexibility index (Phi) is 6.57. The molecule has 0 aliphatic rings. The normalized spacial score (nSPS) is 11.5. The number of carbonyl (C=O) groups excluding carboxylic acids is 1. The molecule has 24 heavy (non-hydrogen) atoms. The summed E-state index contributed by atoms with van der Waals surface area (Å²) in [6.45, 7) is 5.60. The fraction of sp³-hybridized carbons (Fsp3) is 0.467. The Hall–Kier alpha value is -2.31. The van der Waals surface area contributed by atoms with Crippen LogP contribution < -0.4 is 19.9 Å². The van der Waals surface area contributed by atoms with E-state index >= 15 is 0 Å². The molecule has 1 rings (SSSR count). The van der Waals surface area contributed by atoms with Crippen LogP contribution in [0.5, 0.6) is 5.75 Å². The molecule has 0 saturated carbocycles. The average Bonchev–Trinajstić information content (AvgIpc) is 2.43. The number of hydrogen-bond donors (Lipinski definition) is 3. The summed E-state index contributed by atoms with van der Waals surface area (Å²) < 4.78 is 30.0. The monoisotopic (exact) mass is 354 g/mol. The van der Waals surface area contributed by atoms with Crippen LogP contribution in [0.1, 0.15) is 39.2 Å². The van der Waals surface area contributed by atoms with E-state index in [1.165, 1.54) is 18.2 Å². The van der Waals surface area contributed by atoms with Gasteiger partial charge >= 0.3 is 0 Å². The van der Waals surface area contributed by atoms with E-state index in [1.807, 2.05) is 13.0 Å². The Morgan fingerprint density at radius 1 is 1.42 bits per heavy atom. The number of nitriles is 1. The highest BCUT2D eigenvalue weighted by molar-refractivity contribution is 7.90. The second kappa shape index (κ2) is 7.99. The van der Waals surface area contributed by atoms with Gasteiger partial charge in [0.15, 0.2) is 0 Å². The molecule has 1 aromatic carbocycles. The van der Waals surface area contributed by atoms with Crippen molar-refractivity contribution in [1.29, 1.82) is 5.26 Å². The number of benzene rings is 1. The lowest BCUT2D eigenvalue weighted by Gasteiger charge is -2.26. The van der Waals surface area contributed by atoms with E-state index in [-0.39, 0.29) is 29.5 Å². The fourth-order valence-corrected chi connectivity index (χ4v) is 2.44. The molecular formula is C15H22N4O4S. The van der Waals surface area contributed by atoms with E-state index < -0.39 is 15.7 Å². The molecule has 0 spiro atoms. The number of nitrogens with two attached hydrogens (primary N) is 1. The summed E-state index contributed by atoms with van der Waals surface area (Å²) >= 11 is 0. The summed E-state index contributed by atoms with van der Waals surface area (Å²) in [5.74, 6) is 0.111. The van der Waals surface area contributed by atoms with Gasteiger partial charge in [-0.05, 0) is 32.4 Å². The molecule has 0 bridgehead atoms. The second-order valence-electron chi connectivity index (χ2n) is 5.91. The first kappa shape index (κ1) is 19.7. The lowest BCUT2D eigenvalue weighted by Crippen LogP contribution is -2.47. The molecule has 0 heterocycles. The van der Waals surface area contributed by atoms with Gasteiger partial charge in [0.05, 0.1) is 11.2 Å². The van der Waals surface area contributed by atoms with Crippen LogP contribution >= 0.6 is 0 Å². The number of ether oxygens (including phenoxy) is 1. The molecule has 0 aliphatic heterocycles. The van der Waals surface area contributed by atoms with Crippen molar-refractivity contribution in [3.05, 3.63) is 23.8 Å². The maximum atomic E-state index is 11.7. The molecule has 0 aromatic heterocycles. The molecule has 0 saturated heterocycles. The van der Waals surface area contributed by atoms with Gasteiger partial charge in [0.25, 0.3) is 10.2 Å². The summed E-state index contributed by atoms with van der Waals surface area (Å²) in [5, 5.41) is 17.0. The molecule has 8 nitrogen and oxygen atoms in total. The van der Waals surface area contributed by atoms with Crippen LogP contribution in [0.4, 0.5) is 5.69 Å². The topological polar surface area (TPSA) is 134 Å². The number of rotatable bonds is 8. The predicted octanol–water partition coefficient (Wildman–Crippen LogP) is 1.25. The van der Waals surface area contributed by atoms with E-state index in [2.05, 4.69) is 10.0 Å². The van der Waals surface area contributed by atoms with Crippen LogP contribution in [0.3, 0.4) is 0 Å². The molecular weight excluding hydrogens is 332 g/mol. The number of amides is 1. The first-order valence-electron chi connectivity index (χ1n) is 7.35. The molecule has 0 aliphatic carbocycles. The third-order valence-corrected chi connectivity index (χ3v) is 3.44. The van der Waals surface area contributed by atoms with Gasteiger partial charge in [0.2, 0.25) is 5.91 Å². The Labute approximate surface area is 142 Å². The Balaban J connectivity index is 2.90. The zero-order chi connectivity index (χ0) is 18.4. The molecule has 0 fully saturated rings. The van der Waals surface area contributed by atoms with Crippen molar-refractivity contribution in [2.45, 2.75) is 39.2 Å². The van der Waals surface area contributed by atoms with Crippen LogP contribution in [-0.4, -0.2) is 26.5 Å². The molecule has 0 unspecified atom stereocenters. The van der Waals surface area contributed by atoms with Gasteiger partial charge in [-0.2, -0.15) is 13.7 Å². The minimum atomic E-state index is -4.01. The van der Waals surface area contributed by atoms with Crippen molar-refractivity contribution in [3.63, 3.8) is 0 Å². The van der Waals surface area contributed by atoms with Gasteiger partial charge < -0.3 is 10.1 Å². The molecule has 9 heteroatoms. The average molecular weight is 354 g/mol.